The second-order valence-corrected chi connectivity index (χ2v) is 2.69. The number of oxime groups is 1. The van der Waals surface area contributed by atoms with E-state index in [1.54, 1.807) is 19.2 Å². The lowest BCUT2D eigenvalue weighted by Crippen LogP contribution is -1.97. The van der Waals surface area contributed by atoms with E-state index >= 15 is 0 Å². The number of methoxy groups -OCH3 is 3. The van der Waals surface area contributed by atoms with Crippen LogP contribution in [0.5, 0.6) is 17.2 Å². The standard InChI is InChI=1S/C10H13NO4/c1-13-7-4-9(14-2)8(6-11-12)10(5-7)15-3/h4-6,12H,1-3H3/b11-6+. The zero-order valence-corrected chi connectivity index (χ0v) is 8.85. The monoisotopic (exact) mass is 211 g/mol. The van der Waals surface area contributed by atoms with E-state index in [4.69, 9.17) is 19.4 Å². The molecule has 0 radical (unpaired) electrons. The molecule has 0 saturated heterocycles. The molecule has 5 heteroatoms. The molecule has 0 aliphatic carbocycles. The SMILES string of the molecule is COc1cc(OC)c(/C=N/O)c(OC)c1. The maximum absolute atomic E-state index is 8.51. The van der Waals surface area contributed by atoms with Gasteiger partial charge >= 0.3 is 0 Å². The van der Waals surface area contributed by atoms with Crippen molar-refractivity contribution in [3.05, 3.63) is 17.7 Å². The first-order valence-electron chi connectivity index (χ1n) is 4.24. The first-order chi connectivity index (χ1) is 7.26. The predicted molar refractivity (Wildman–Crippen MR) is 55.5 cm³/mol. The van der Waals surface area contributed by atoms with Crippen molar-refractivity contribution >= 4 is 6.21 Å². The number of nitrogens with zero attached hydrogens (tertiary/aromatic N) is 1. The van der Waals surface area contributed by atoms with Crippen molar-refractivity contribution in [1.82, 2.24) is 0 Å². The fourth-order valence-corrected chi connectivity index (χ4v) is 1.22. The van der Waals surface area contributed by atoms with Gasteiger partial charge in [0, 0.05) is 12.1 Å². The minimum atomic E-state index is 0.518. The third-order valence-electron chi connectivity index (χ3n) is 1.94. The Bertz CT molecular complexity index is 337. The van der Waals surface area contributed by atoms with Crippen molar-refractivity contribution in [3.8, 4) is 17.2 Å². The van der Waals surface area contributed by atoms with Gasteiger partial charge in [-0.25, -0.2) is 0 Å². The molecule has 82 valence electrons. The lowest BCUT2D eigenvalue weighted by Gasteiger charge is -2.11. The highest BCUT2D eigenvalue weighted by Gasteiger charge is 2.11. The fraction of sp³-hybridized carbons (Fsp3) is 0.300. The maximum Gasteiger partial charge on any atom is 0.135 e. The van der Waals surface area contributed by atoms with Crippen LogP contribution in [-0.2, 0) is 0 Å². The van der Waals surface area contributed by atoms with Crippen molar-refractivity contribution in [1.29, 1.82) is 0 Å². The Morgan fingerprint density at radius 1 is 1.07 bits per heavy atom. The molecule has 0 atom stereocenters. The molecule has 1 aromatic rings. The normalized spacial score (nSPS) is 10.3. The molecule has 1 aromatic carbocycles. The van der Waals surface area contributed by atoms with E-state index in [2.05, 4.69) is 5.16 Å². The van der Waals surface area contributed by atoms with Gasteiger partial charge in [-0.3, -0.25) is 0 Å². The summed E-state index contributed by atoms with van der Waals surface area (Å²) in [4.78, 5) is 0. The third kappa shape index (κ3) is 2.31. The molecular weight excluding hydrogens is 198 g/mol. The first kappa shape index (κ1) is 11.2. The molecule has 0 unspecified atom stereocenters. The zero-order chi connectivity index (χ0) is 11.3. The Balaban J connectivity index is 3.32. The molecule has 0 fully saturated rings. The van der Waals surface area contributed by atoms with Crippen molar-refractivity contribution < 1.29 is 19.4 Å². The molecule has 0 heterocycles. The summed E-state index contributed by atoms with van der Waals surface area (Å²) in [7, 11) is 4.58. The van der Waals surface area contributed by atoms with Crippen molar-refractivity contribution in [2.45, 2.75) is 0 Å². The summed E-state index contributed by atoms with van der Waals surface area (Å²) in [5.74, 6) is 1.65. The quantitative estimate of drug-likeness (QED) is 0.466. The fourth-order valence-electron chi connectivity index (χ4n) is 1.22. The lowest BCUT2D eigenvalue weighted by atomic mass is 10.2. The van der Waals surface area contributed by atoms with Gasteiger partial charge in [-0.2, -0.15) is 0 Å². The average Bonchev–Trinajstić information content (AvgIpc) is 2.29. The number of hydrogen-bond donors (Lipinski definition) is 1. The van der Waals surface area contributed by atoms with Gasteiger partial charge in [-0.1, -0.05) is 5.16 Å². The number of benzene rings is 1. The number of rotatable bonds is 4. The Labute approximate surface area is 87.9 Å². The summed E-state index contributed by atoms with van der Waals surface area (Å²) in [5, 5.41) is 11.5. The summed E-state index contributed by atoms with van der Waals surface area (Å²) in [6.07, 6.45) is 1.25. The van der Waals surface area contributed by atoms with Crippen LogP contribution in [0.3, 0.4) is 0 Å². The topological polar surface area (TPSA) is 60.3 Å². The van der Waals surface area contributed by atoms with Gasteiger partial charge in [0.1, 0.15) is 17.2 Å². The highest BCUT2D eigenvalue weighted by atomic mass is 16.5. The van der Waals surface area contributed by atoms with E-state index < -0.39 is 0 Å². The molecule has 5 nitrogen and oxygen atoms in total. The van der Waals surface area contributed by atoms with E-state index in [1.807, 2.05) is 0 Å². The van der Waals surface area contributed by atoms with E-state index in [0.717, 1.165) is 0 Å². The summed E-state index contributed by atoms with van der Waals surface area (Å²) in [6.45, 7) is 0. The van der Waals surface area contributed by atoms with Crippen LogP contribution >= 0.6 is 0 Å². The van der Waals surface area contributed by atoms with Gasteiger partial charge in [0.05, 0.1) is 33.1 Å². The number of ether oxygens (including phenoxy) is 3. The Hall–Kier alpha value is -1.91. The van der Waals surface area contributed by atoms with E-state index in [1.165, 1.54) is 20.4 Å². The molecule has 1 N–H and O–H groups in total. The van der Waals surface area contributed by atoms with Crippen molar-refractivity contribution in [2.24, 2.45) is 5.16 Å². The van der Waals surface area contributed by atoms with Crippen LogP contribution in [0.2, 0.25) is 0 Å². The molecule has 0 bridgehead atoms. The van der Waals surface area contributed by atoms with Crippen LogP contribution in [0.25, 0.3) is 0 Å². The van der Waals surface area contributed by atoms with Gasteiger partial charge in [0.25, 0.3) is 0 Å². The molecule has 0 spiro atoms. The molecule has 0 aromatic heterocycles. The molecule has 0 amide bonds. The number of hydrogen-bond acceptors (Lipinski definition) is 5. The van der Waals surface area contributed by atoms with Gasteiger partial charge in [-0.15, -0.1) is 0 Å². The highest BCUT2D eigenvalue weighted by Crippen LogP contribution is 2.32. The minimum absolute atomic E-state index is 0.518. The highest BCUT2D eigenvalue weighted by molar-refractivity contribution is 5.87. The summed E-state index contributed by atoms with van der Waals surface area (Å²) in [5.41, 5.74) is 0.559. The van der Waals surface area contributed by atoms with E-state index in [9.17, 15) is 0 Å². The van der Waals surface area contributed by atoms with Gasteiger partial charge in [-0.05, 0) is 0 Å². The zero-order valence-electron chi connectivity index (χ0n) is 8.85. The first-order valence-corrected chi connectivity index (χ1v) is 4.24. The predicted octanol–water partition coefficient (Wildman–Crippen LogP) is 1.52. The van der Waals surface area contributed by atoms with Crippen LogP contribution in [0.4, 0.5) is 0 Å². The summed E-state index contributed by atoms with van der Waals surface area (Å²) >= 11 is 0. The lowest BCUT2D eigenvalue weighted by molar-refractivity contribution is 0.321. The van der Waals surface area contributed by atoms with Gasteiger partial charge in [0.15, 0.2) is 0 Å². The van der Waals surface area contributed by atoms with Gasteiger partial charge < -0.3 is 19.4 Å². The average molecular weight is 211 g/mol. The minimum Gasteiger partial charge on any atom is -0.496 e. The van der Waals surface area contributed by atoms with Crippen LogP contribution in [-0.4, -0.2) is 32.8 Å². The molecule has 0 aliphatic heterocycles. The van der Waals surface area contributed by atoms with E-state index in [-0.39, 0.29) is 0 Å². The van der Waals surface area contributed by atoms with Crippen LogP contribution < -0.4 is 14.2 Å². The third-order valence-corrected chi connectivity index (χ3v) is 1.94. The second-order valence-electron chi connectivity index (χ2n) is 2.69. The Kier molecular flexibility index (Phi) is 3.79. The Morgan fingerprint density at radius 2 is 1.60 bits per heavy atom. The Morgan fingerprint density at radius 3 is 1.93 bits per heavy atom. The van der Waals surface area contributed by atoms with Gasteiger partial charge in [0.2, 0.25) is 0 Å². The summed E-state index contributed by atoms with van der Waals surface area (Å²) < 4.78 is 15.3. The maximum atomic E-state index is 8.51. The van der Waals surface area contributed by atoms with Crippen molar-refractivity contribution in [2.75, 3.05) is 21.3 Å². The smallest absolute Gasteiger partial charge is 0.135 e. The van der Waals surface area contributed by atoms with Crippen LogP contribution in [0.15, 0.2) is 17.3 Å². The van der Waals surface area contributed by atoms with Crippen LogP contribution in [0, 0.1) is 0 Å². The van der Waals surface area contributed by atoms with Crippen LogP contribution in [0.1, 0.15) is 5.56 Å². The molecule has 1 rings (SSSR count). The molecular formula is C10H13NO4. The second kappa shape index (κ2) is 5.09. The van der Waals surface area contributed by atoms with Crippen molar-refractivity contribution in [3.63, 3.8) is 0 Å². The largest absolute Gasteiger partial charge is 0.496 e. The van der Waals surface area contributed by atoms with E-state index in [0.29, 0.717) is 22.8 Å². The summed E-state index contributed by atoms with van der Waals surface area (Å²) in [6, 6.07) is 3.36. The molecule has 0 aliphatic rings. The molecule has 0 saturated carbocycles. The molecule has 15 heavy (non-hydrogen) atoms.